The second-order valence-electron chi connectivity index (χ2n) is 4.02. The Morgan fingerprint density at radius 1 is 1.38 bits per heavy atom. The van der Waals surface area contributed by atoms with Crippen molar-refractivity contribution < 1.29 is 14.6 Å². The molecule has 1 rings (SSSR count). The fourth-order valence-electron chi connectivity index (χ4n) is 1.27. The average molecular weight is 222 g/mol. The minimum Gasteiger partial charge on any atom is -0.508 e. The SMILES string of the molecule is CCC(C)CCC(=O)Oc1ccc(O)cc1. The van der Waals surface area contributed by atoms with Crippen molar-refractivity contribution in [1.82, 2.24) is 0 Å². The van der Waals surface area contributed by atoms with Crippen LogP contribution in [0.5, 0.6) is 11.5 Å². The molecule has 0 bridgehead atoms. The Labute approximate surface area is 96.1 Å². The third kappa shape index (κ3) is 4.34. The molecule has 88 valence electrons. The average Bonchev–Trinajstić information content (AvgIpc) is 2.29. The van der Waals surface area contributed by atoms with Crippen LogP contribution in [0.1, 0.15) is 33.1 Å². The largest absolute Gasteiger partial charge is 0.508 e. The molecule has 1 atom stereocenters. The predicted octanol–water partition coefficient (Wildman–Crippen LogP) is 3.12. The molecule has 0 aliphatic rings. The summed E-state index contributed by atoms with van der Waals surface area (Å²) < 4.78 is 5.11. The minimum absolute atomic E-state index is 0.166. The zero-order chi connectivity index (χ0) is 12.0. The monoisotopic (exact) mass is 222 g/mol. The van der Waals surface area contributed by atoms with E-state index in [1.165, 1.54) is 12.1 Å². The molecule has 3 nitrogen and oxygen atoms in total. The number of esters is 1. The van der Waals surface area contributed by atoms with Crippen molar-refractivity contribution in [1.29, 1.82) is 0 Å². The predicted molar refractivity (Wildman–Crippen MR) is 62.4 cm³/mol. The minimum atomic E-state index is -0.217. The highest BCUT2D eigenvalue weighted by Gasteiger charge is 2.07. The molecule has 0 aliphatic carbocycles. The van der Waals surface area contributed by atoms with Crippen LogP contribution in [-0.4, -0.2) is 11.1 Å². The van der Waals surface area contributed by atoms with Crippen LogP contribution in [0.4, 0.5) is 0 Å². The number of phenolic OH excluding ortho intramolecular Hbond substituents is 1. The molecule has 0 saturated carbocycles. The maximum Gasteiger partial charge on any atom is 0.311 e. The molecule has 0 spiro atoms. The highest BCUT2D eigenvalue weighted by atomic mass is 16.5. The van der Waals surface area contributed by atoms with Crippen LogP contribution in [0.3, 0.4) is 0 Å². The summed E-state index contributed by atoms with van der Waals surface area (Å²) in [4.78, 5) is 11.4. The van der Waals surface area contributed by atoms with Gasteiger partial charge in [0.2, 0.25) is 0 Å². The van der Waals surface area contributed by atoms with Crippen LogP contribution in [0.2, 0.25) is 0 Å². The first-order valence-corrected chi connectivity index (χ1v) is 5.61. The number of benzene rings is 1. The Balaban J connectivity index is 2.37. The van der Waals surface area contributed by atoms with Crippen molar-refractivity contribution in [3.63, 3.8) is 0 Å². The lowest BCUT2D eigenvalue weighted by atomic mass is 10.0. The van der Waals surface area contributed by atoms with Crippen molar-refractivity contribution >= 4 is 5.97 Å². The summed E-state index contributed by atoms with van der Waals surface area (Å²) in [6, 6.07) is 6.15. The lowest BCUT2D eigenvalue weighted by Crippen LogP contribution is -2.09. The molecule has 0 aromatic heterocycles. The lowest BCUT2D eigenvalue weighted by Gasteiger charge is -2.07. The van der Waals surface area contributed by atoms with Gasteiger partial charge in [-0.05, 0) is 36.6 Å². The van der Waals surface area contributed by atoms with Gasteiger partial charge in [-0.2, -0.15) is 0 Å². The van der Waals surface area contributed by atoms with E-state index in [9.17, 15) is 4.79 Å². The smallest absolute Gasteiger partial charge is 0.311 e. The number of hydrogen-bond donors (Lipinski definition) is 1. The fraction of sp³-hybridized carbons (Fsp3) is 0.462. The van der Waals surface area contributed by atoms with Gasteiger partial charge in [-0.15, -0.1) is 0 Å². The summed E-state index contributed by atoms with van der Waals surface area (Å²) in [5.41, 5.74) is 0. The van der Waals surface area contributed by atoms with Gasteiger partial charge in [-0.1, -0.05) is 20.3 Å². The third-order valence-electron chi connectivity index (χ3n) is 2.61. The molecular formula is C13H18O3. The highest BCUT2D eigenvalue weighted by molar-refractivity contribution is 5.72. The van der Waals surface area contributed by atoms with E-state index in [1.54, 1.807) is 12.1 Å². The summed E-state index contributed by atoms with van der Waals surface area (Å²) in [5.74, 6) is 0.977. The van der Waals surface area contributed by atoms with Gasteiger partial charge in [0, 0.05) is 6.42 Å². The first-order chi connectivity index (χ1) is 7.61. The van der Waals surface area contributed by atoms with E-state index in [-0.39, 0.29) is 11.7 Å². The Hall–Kier alpha value is -1.51. The van der Waals surface area contributed by atoms with E-state index in [0.29, 0.717) is 18.1 Å². The fourth-order valence-corrected chi connectivity index (χ4v) is 1.27. The summed E-state index contributed by atoms with van der Waals surface area (Å²) in [6.07, 6.45) is 2.37. The van der Waals surface area contributed by atoms with E-state index >= 15 is 0 Å². The summed E-state index contributed by atoms with van der Waals surface area (Å²) >= 11 is 0. The Kier molecular flexibility index (Phi) is 4.83. The van der Waals surface area contributed by atoms with Gasteiger partial charge < -0.3 is 9.84 Å². The summed E-state index contributed by atoms with van der Waals surface area (Å²) in [6.45, 7) is 4.23. The van der Waals surface area contributed by atoms with Crippen LogP contribution in [0.15, 0.2) is 24.3 Å². The topological polar surface area (TPSA) is 46.5 Å². The second-order valence-corrected chi connectivity index (χ2v) is 4.02. The first kappa shape index (κ1) is 12.6. The molecule has 1 unspecified atom stereocenters. The van der Waals surface area contributed by atoms with Crippen molar-refractivity contribution in [2.75, 3.05) is 0 Å². The summed E-state index contributed by atoms with van der Waals surface area (Å²) in [5, 5.41) is 9.06. The van der Waals surface area contributed by atoms with Crippen molar-refractivity contribution in [2.24, 2.45) is 5.92 Å². The normalized spacial score (nSPS) is 12.1. The Bertz CT molecular complexity index is 330. The van der Waals surface area contributed by atoms with E-state index < -0.39 is 0 Å². The van der Waals surface area contributed by atoms with Gasteiger partial charge >= 0.3 is 5.97 Å². The van der Waals surface area contributed by atoms with Crippen LogP contribution in [0, 0.1) is 5.92 Å². The number of carbonyl (C=O) groups excluding carboxylic acids is 1. The molecular weight excluding hydrogens is 204 g/mol. The van der Waals surface area contributed by atoms with Crippen molar-refractivity contribution in [2.45, 2.75) is 33.1 Å². The number of carbonyl (C=O) groups is 1. The van der Waals surface area contributed by atoms with Crippen molar-refractivity contribution in [3.8, 4) is 11.5 Å². The van der Waals surface area contributed by atoms with Gasteiger partial charge in [-0.25, -0.2) is 0 Å². The third-order valence-corrected chi connectivity index (χ3v) is 2.61. The Morgan fingerprint density at radius 2 is 2.00 bits per heavy atom. The number of ether oxygens (including phenoxy) is 1. The molecule has 1 aromatic carbocycles. The van der Waals surface area contributed by atoms with Gasteiger partial charge in [-0.3, -0.25) is 4.79 Å². The van der Waals surface area contributed by atoms with Crippen LogP contribution >= 0.6 is 0 Å². The first-order valence-electron chi connectivity index (χ1n) is 5.61. The van der Waals surface area contributed by atoms with Crippen molar-refractivity contribution in [3.05, 3.63) is 24.3 Å². The van der Waals surface area contributed by atoms with Gasteiger partial charge in [0.1, 0.15) is 11.5 Å². The highest BCUT2D eigenvalue weighted by Crippen LogP contribution is 2.17. The molecule has 1 aromatic rings. The number of aromatic hydroxyl groups is 1. The molecule has 3 heteroatoms. The standard InChI is InChI=1S/C13H18O3/c1-3-10(2)4-9-13(15)16-12-7-5-11(14)6-8-12/h5-8,10,14H,3-4,9H2,1-2H3. The molecule has 0 aliphatic heterocycles. The van der Waals surface area contributed by atoms with Gasteiger partial charge in [0.15, 0.2) is 0 Å². The Morgan fingerprint density at radius 3 is 2.56 bits per heavy atom. The van der Waals surface area contributed by atoms with E-state index in [1.807, 2.05) is 0 Å². The molecule has 0 heterocycles. The molecule has 0 radical (unpaired) electrons. The number of rotatable bonds is 5. The maximum atomic E-state index is 11.4. The quantitative estimate of drug-likeness (QED) is 0.615. The second kappa shape index (κ2) is 6.16. The summed E-state index contributed by atoms with van der Waals surface area (Å²) in [7, 11) is 0. The van der Waals surface area contributed by atoms with E-state index in [0.717, 1.165) is 12.8 Å². The van der Waals surface area contributed by atoms with Crippen LogP contribution in [-0.2, 0) is 4.79 Å². The number of hydrogen-bond acceptors (Lipinski definition) is 3. The zero-order valence-corrected chi connectivity index (χ0v) is 9.77. The van der Waals surface area contributed by atoms with Gasteiger partial charge in [0.25, 0.3) is 0 Å². The van der Waals surface area contributed by atoms with Crippen LogP contribution in [0.25, 0.3) is 0 Å². The van der Waals surface area contributed by atoms with Crippen LogP contribution < -0.4 is 4.74 Å². The van der Waals surface area contributed by atoms with E-state index in [2.05, 4.69) is 13.8 Å². The molecule has 0 saturated heterocycles. The zero-order valence-electron chi connectivity index (χ0n) is 9.77. The van der Waals surface area contributed by atoms with E-state index in [4.69, 9.17) is 9.84 Å². The molecule has 1 N–H and O–H groups in total. The van der Waals surface area contributed by atoms with Gasteiger partial charge in [0.05, 0.1) is 0 Å². The lowest BCUT2D eigenvalue weighted by molar-refractivity contribution is -0.134. The number of phenols is 1. The molecule has 0 fully saturated rings. The molecule has 0 amide bonds. The maximum absolute atomic E-state index is 11.4. The molecule has 16 heavy (non-hydrogen) atoms.